The summed E-state index contributed by atoms with van der Waals surface area (Å²) in [5.41, 5.74) is 7.21. The Hall–Kier alpha value is -1.62. The lowest BCUT2D eigenvalue weighted by Crippen LogP contribution is -2.38. The van der Waals surface area contributed by atoms with Gasteiger partial charge in [-0.2, -0.15) is 0 Å². The summed E-state index contributed by atoms with van der Waals surface area (Å²) in [5, 5.41) is 17.0. The quantitative estimate of drug-likeness (QED) is 0.553. The number of nitrogen functional groups attached to an aromatic ring is 1. The Morgan fingerprint density at radius 3 is 2.74 bits per heavy atom. The average Bonchev–Trinajstić information content (AvgIpc) is 2.89. The summed E-state index contributed by atoms with van der Waals surface area (Å²) in [5.74, 6) is 0.775. The van der Waals surface area contributed by atoms with Crippen LogP contribution < -0.4 is 10.6 Å². The number of nitrogens with zero attached hydrogens (tertiary/aromatic N) is 2. The van der Waals surface area contributed by atoms with Crippen molar-refractivity contribution in [2.45, 2.75) is 38.6 Å². The van der Waals surface area contributed by atoms with Gasteiger partial charge in [0.2, 0.25) is 0 Å². The fourth-order valence-corrected chi connectivity index (χ4v) is 2.76. The molecule has 19 heavy (non-hydrogen) atoms. The van der Waals surface area contributed by atoms with E-state index in [0.29, 0.717) is 18.2 Å². The second-order valence-electron chi connectivity index (χ2n) is 5.09. The third kappa shape index (κ3) is 3.04. The number of hydrogen-bond acceptors (Lipinski definition) is 4. The van der Waals surface area contributed by atoms with Gasteiger partial charge >= 0.3 is 0 Å². The molecule has 2 rings (SSSR count). The van der Waals surface area contributed by atoms with E-state index in [1.54, 1.807) is 0 Å². The molecule has 1 heterocycles. The molecule has 104 valence electrons. The second-order valence-corrected chi connectivity index (χ2v) is 5.09. The smallest absolute Gasteiger partial charge is 0.140 e. The van der Waals surface area contributed by atoms with E-state index in [-0.39, 0.29) is 12.4 Å². The number of amidine groups is 1. The van der Waals surface area contributed by atoms with Gasteiger partial charge in [-0.05, 0) is 31.9 Å². The van der Waals surface area contributed by atoms with Crippen LogP contribution in [0.4, 0.5) is 5.82 Å². The summed E-state index contributed by atoms with van der Waals surface area (Å²) < 4.78 is 0. The van der Waals surface area contributed by atoms with Crippen LogP contribution in [-0.4, -0.2) is 35.1 Å². The molecule has 1 saturated carbocycles. The Morgan fingerprint density at radius 1 is 1.47 bits per heavy atom. The van der Waals surface area contributed by atoms with Crippen LogP contribution in [0.5, 0.6) is 0 Å². The van der Waals surface area contributed by atoms with Gasteiger partial charge in [-0.3, -0.25) is 5.41 Å². The first-order chi connectivity index (χ1) is 9.13. The van der Waals surface area contributed by atoms with Gasteiger partial charge < -0.3 is 15.7 Å². The lowest BCUT2D eigenvalue weighted by atomic mass is 10.1. The summed E-state index contributed by atoms with van der Waals surface area (Å²) in [6.45, 7) is 2.56. The van der Waals surface area contributed by atoms with Crippen LogP contribution in [0.2, 0.25) is 0 Å². The molecule has 0 unspecified atom stereocenters. The first-order valence-electron chi connectivity index (χ1n) is 6.83. The molecule has 0 atom stereocenters. The molecule has 4 N–H and O–H groups in total. The summed E-state index contributed by atoms with van der Waals surface area (Å²) >= 11 is 0. The number of anilines is 1. The SMILES string of the molecule is Cc1ccc(C(=N)N)c(N(CCO)C2CCCC2)n1. The third-order valence-corrected chi connectivity index (χ3v) is 3.68. The molecule has 0 radical (unpaired) electrons. The fourth-order valence-electron chi connectivity index (χ4n) is 2.76. The molecular weight excluding hydrogens is 240 g/mol. The van der Waals surface area contributed by atoms with E-state index in [4.69, 9.17) is 11.1 Å². The van der Waals surface area contributed by atoms with Crippen molar-refractivity contribution in [1.82, 2.24) is 4.98 Å². The molecule has 0 bridgehead atoms. The number of hydrogen-bond donors (Lipinski definition) is 3. The molecule has 5 heteroatoms. The zero-order valence-electron chi connectivity index (χ0n) is 11.4. The van der Waals surface area contributed by atoms with E-state index in [1.807, 2.05) is 19.1 Å². The van der Waals surface area contributed by atoms with Crippen molar-refractivity contribution in [3.8, 4) is 0 Å². The Kier molecular flexibility index (Phi) is 4.37. The predicted octanol–water partition coefficient (Wildman–Crippen LogP) is 1.42. The predicted molar refractivity (Wildman–Crippen MR) is 76.7 cm³/mol. The molecule has 0 amide bonds. The van der Waals surface area contributed by atoms with Gasteiger partial charge in [0.15, 0.2) is 0 Å². The van der Waals surface area contributed by atoms with Gasteiger partial charge in [0, 0.05) is 18.3 Å². The molecule has 5 nitrogen and oxygen atoms in total. The van der Waals surface area contributed by atoms with Gasteiger partial charge in [0.05, 0.1) is 12.2 Å². The van der Waals surface area contributed by atoms with E-state index >= 15 is 0 Å². The average molecular weight is 262 g/mol. The molecule has 1 aromatic rings. The minimum absolute atomic E-state index is 0.0310. The molecule has 0 aliphatic heterocycles. The molecule has 0 saturated heterocycles. The summed E-state index contributed by atoms with van der Waals surface area (Å²) in [7, 11) is 0. The second kappa shape index (κ2) is 6.02. The number of nitrogens with two attached hydrogens (primary N) is 1. The van der Waals surface area contributed by atoms with Gasteiger partial charge in [0.1, 0.15) is 11.7 Å². The molecule has 0 spiro atoms. The summed E-state index contributed by atoms with van der Waals surface area (Å²) in [4.78, 5) is 6.67. The molecule has 0 aromatic carbocycles. The number of aliphatic hydroxyl groups is 1. The van der Waals surface area contributed by atoms with Crippen LogP contribution in [0, 0.1) is 12.3 Å². The van der Waals surface area contributed by atoms with Crippen molar-refractivity contribution in [3.05, 3.63) is 23.4 Å². The van der Waals surface area contributed by atoms with E-state index in [0.717, 1.165) is 24.4 Å². The highest BCUT2D eigenvalue weighted by molar-refractivity contribution is 5.99. The molecule has 1 fully saturated rings. The van der Waals surface area contributed by atoms with Gasteiger partial charge in [-0.15, -0.1) is 0 Å². The monoisotopic (exact) mass is 262 g/mol. The third-order valence-electron chi connectivity index (χ3n) is 3.68. The van der Waals surface area contributed by atoms with Crippen LogP contribution in [0.25, 0.3) is 0 Å². The Morgan fingerprint density at radius 2 is 2.16 bits per heavy atom. The summed E-state index contributed by atoms with van der Waals surface area (Å²) in [6, 6.07) is 4.12. The number of rotatable bonds is 5. The maximum Gasteiger partial charge on any atom is 0.140 e. The molecule has 1 aromatic heterocycles. The van der Waals surface area contributed by atoms with Crippen molar-refractivity contribution in [2.75, 3.05) is 18.1 Å². The van der Waals surface area contributed by atoms with Gasteiger partial charge in [0.25, 0.3) is 0 Å². The number of nitrogens with one attached hydrogen (secondary N) is 1. The fraction of sp³-hybridized carbons (Fsp3) is 0.571. The number of pyridine rings is 1. The van der Waals surface area contributed by atoms with Crippen LogP contribution in [0.15, 0.2) is 12.1 Å². The lowest BCUT2D eigenvalue weighted by molar-refractivity contribution is 0.297. The number of aliphatic hydroxyl groups excluding tert-OH is 1. The van der Waals surface area contributed by atoms with E-state index in [2.05, 4.69) is 9.88 Å². The van der Waals surface area contributed by atoms with E-state index < -0.39 is 0 Å². The van der Waals surface area contributed by atoms with Gasteiger partial charge in [-0.25, -0.2) is 4.98 Å². The highest BCUT2D eigenvalue weighted by Crippen LogP contribution is 2.29. The first-order valence-corrected chi connectivity index (χ1v) is 6.83. The summed E-state index contributed by atoms with van der Waals surface area (Å²) in [6.07, 6.45) is 4.67. The zero-order valence-corrected chi connectivity index (χ0v) is 11.4. The minimum atomic E-state index is 0.0310. The van der Waals surface area contributed by atoms with Crippen molar-refractivity contribution >= 4 is 11.7 Å². The van der Waals surface area contributed by atoms with Crippen LogP contribution in [0.1, 0.15) is 36.9 Å². The van der Waals surface area contributed by atoms with Crippen molar-refractivity contribution in [3.63, 3.8) is 0 Å². The van der Waals surface area contributed by atoms with E-state index in [1.165, 1.54) is 12.8 Å². The Balaban J connectivity index is 2.39. The highest BCUT2D eigenvalue weighted by atomic mass is 16.3. The largest absolute Gasteiger partial charge is 0.395 e. The number of aryl methyl sites for hydroxylation is 1. The molecule has 1 aliphatic rings. The van der Waals surface area contributed by atoms with Crippen molar-refractivity contribution < 1.29 is 5.11 Å². The van der Waals surface area contributed by atoms with E-state index in [9.17, 15) is 5.11 Å². The maximum atomic E-state index is 9.30. The maximum absolute atomic E-state index is 9.30. The lowest BCUT2D eigenvalue weighted by Gasteiger charge is -2.31. The standard InChI is InChI=1S/C14H22N4O/c1-10-6-7-12(13(15)16)14(17-10)18(8-9-19)11-4-2-3-5-11/h6-7,11,19H,2-5,8-9H2,1H3,(H3,15,16). The van der Waals surface area contributed by atoms with Crippen molar-refractivity contribution in [2.24, 2.45) is 5.73 Å². The Bertz CT molecular complexity index is 455. The first kappa shape index (κ1) is 13.8. The van der Waals surface area contributed by atoms with Crippen LogP contribution in [-0.2, 0) is 0 Å². The molecular formula is C14H22N4O. The van der Waals surface area contributed by atoms with Gasteiger partial charge in [-0.1, -0.05) is 12.8 Å². The Labute approximate surface area is 114 Å². The highest BCUT2D eigenvalue weighted by Gasteiger charge is 2.25. The molecule has 1 aliphatic carbocycles. The zero-order chi connectivity index (χ0) is 13.8. The van der Waals surface area contributed by atoms with Crippen molar-refractivity contribution in [1.29, 1.82) is 5.41 Å². The normalized spacial score (nSPS) is 15.7. The topological polar surface area (TPSA) is 86.2 Å². The minimum Gasteiger partial charge on any atom is -0.395 e. The number of aromatic nitrogens is 1. The van der Waals surface area contributed by atoms with Crippen LogP contribution >= 0.6 is 0 Å². The van der Waals surface area contributed by atoms with Crippen LogP contribution in [0.3, 0.4) is 0 Å².